The first-order chi connectivity index (χ1) is 10.5. The lowest BCUT2D eigenvalue weighted by Crippen LogP contribution is -2.50. The monoisotopic (exact) mass is 309 g/mol. The van der Waals surface area contributed by atoms with Gasteiger partial charge < -0.3 is 9.84 Å². The summed E-state index contributed by atoms with van der Waals surface area (Å²) < 4.78 is 5.25. The van der Waals surface area contributed by atoms with Gasteiger partial charge in [-0.1, -0.05) is 12.1 Å². The van der Waals surface area contributed by atoms with E-state index >= 15 is 0 Å². The molecule has 1 aliphatic heterocycles. The third-order valence-electron chi connectivity index (χ3n) is 4.24. The number of aromatic nitrogens is 2. The molecule has 0 spiro atoms. The normalized spacial score (nSPS) is 19.8. The summed E-state index contributed by atoms with van der Waals surface area (Å²) in [5.74, 6) is 1.45. The number of hydrogen-bond donors (Lipinski definition) is 1. The number of rotatable bonds is 6. The van der Waals surface area contributed by atoms with Gasteiger partial charge in [-0.3, -0.25) is 14.6 Å². The van der Waals surface area contributed by atoms with Crippen LogP contribution in [0.3, 0.4) is 0 Å². The molecule has 1 amide bonds. The van der Waals surface area contributed by atoms with Crippen LogP contribution in [0.25, 0.3) is 0 Å². The van der Waals surface area contributed by atoms with E-state index < -0.39 is 0 Å². The van der Waals surface area contributed by atoms with Crippen LogP contribution >= 0.6 is 0 Å². The zero-order valence-corrected chi connectivity index (χ0v) is 14.0. The van der Waals surface area contributed by atoms with Crippen molar-refractivity contribution in [3.8, 4) is 0 Å². The highest BCUT2D eigenvalue weighted by molar-refractivity contribution is 5.78. The summed E-state index contributed by atoms with van der Waals surface area (Å²) >= 11 is 0. The Bertz CT molecular complexity index is 482. The molecule has 1 aromatic rings. The summed E-state index contributed by atoms with van der Waals surface area (Å²) in [4.78, 5) is 20.7. The Morgan fingerprint density at radius 3 is 2.55 bits per heavy atom. The van der Waals surface area contributed by atoms with Crippen LogP contribution in [0.1, 0.15) is 44.9 Å². The van der Waals surface area contributed by atoms with Gasteiger partial charge in [-0.25, -0.2) is 0 Å². The molecule has 1 fully saturated rings. The highest BCUT2D eigenvalue weighted by Gasteiger charge is 2.26. The minimum atomic E-state index is 0.114. The van der Waals surface area contributed by atoms with Crippen molar-refractivity contribution in [3.05, 3.63) is 11.7 Å². The fraction of sp³-hybridized carbons (Fsp3) is 0.800. The lowest BCUT2D eigenvalue weighted by atomic mass is 10.2. The minimum Gasteiger partial charge on any atom is -0.353 e. The van der Waals surface area contributed by atoms with Crippen LogP contribution in [0.2, 0.25) is 0 Å². The molecule has 2 heterocycles. The van der Waals surface area contributed by atoms with Gasteiger partial charge >= 0.3 is 0 Å². The van der Waals surface area contributed by atoms with Gasteiger partial charge in [-0.15, -0.1) is 0 Å². The highest BCUT2D eigenvalue weighted by Crippen LogP contribution is 2.19. The smallest absolute Gasteiger partial charge is 0.243 e. The second-order valence-electron chi connectivity index (χ2n) is 6.04. The molecular formula is C15H27N5O2. The quantitative estimate of drug-likeness (QED) is 0.844. The van der Waals surface area contributed by atoms with Crippen LogP contribution in [0.5, 0.6) is 0 Å². The predicted octanol–water partition coefficient (Wildman–Crippen LogP) is 0.971. The number of amides is 1. The van der Waals surface area contributed by atoms with E-state index in [0.29, 0.717) is 18.3 Å². The molecular weight excluding hydrogens is 282 g/mol. The lowest BCUT2D eigenvalue weighted by molar-refractivity contribution is -0.123. The molecule has 0 unspecified atom stereocenters. The topological polar surface area (TPSA) is 74.5 Å². The Kier molecular flexibility index (Phi) is 5.90. The highest BCUT2D eigenvalue weighted by atomic mass is 16.5. The van der Waals surface area contributed by atoms with Crippen molar-refractivity contribution in [2.45, 2.75) is 46.2 Å². The summed E-state index contributed by atoms with van der Waals surface area (Å²) in [6, 6.07) is 0.367. The fourth-order valence-electron chi connectivity index (χ4n) is 2.57. The van der Waals surface area contributed by atoms with E-state index in [1.54, 1.807) is 0 Å². The van der Waals surface area contributed by atoms with Crippen LogP contribution < -0.4 is 5.32 Å². The van der Waals surface area contributed by atoms with Gasteiger partial charge in [0.1, 0.15) is 0 Å². The average Bonchev–Trinajstić information content (AvgIpc) is 2.93. The number of carbonyl (C=O) groups is 1. The Morgan fingerprint density at radius 2 is 2.00 bits per heavy atom. The number of hydrogen-bond acceptors (Lipinski definition) is 6. The molecule has 7 nitrogen and oxygen atoms in total. The van der Waals surface area contributed by atoms with Gasteiger partial charge in [0.15, 0.2) is 5.82 Å². The van der Waals surface area contributed by atoms with Gasteiger partial charge in [0.05, 0.1) is 12.6 Å². The molecule has 7 heteroatoms. The molecule has 0 aromatic carbocycles. The molecule has 1 N–H and O–H groups in total. The largest absolute Gasteiger partial charge is 0.353 e. The molecule has 1 aliphatic rings. The van der Waals surface area contributed by atoms with Crippen molar-refractivity contribution in [1.82, 2.24) is 25.3 Å². The first-order valence-corrected chi connectivity index (χ1v) is 8.05. The average molecular weight is 309 g/mol. The van der Waals surface area contributed by atoms with E-state index in [1.807, 2.05) is 13.8 Å². The van der Waals surface area contributed by atoms with E-state index in [0.717, 1.165) is 32.6 Å². The second-order valence-corrected chi connectivity index (χ2v) is 6.04. The fourth-order valence-corrected chi connectivity index (χ4v) is 2.57. The third-order valence-corrected chi connectivity index (χ3v) is 4.24. The summed E-state index contributed by atoms with van der Waals surface area (Å²) in [7, 11) is 0. The van der Waals surface area contributed by atoms with Crippen molar-refractivity contribution >= 4 is 5.91 Å². The van der Waals surface area contributed by atoms with Crippen molar-refractivity contribution in [3.63, 3.8) is 0 Å². The van der Waals surface area contributed by atoms with E-state index in [4.69, 9.17) is 4.52 Å². The van der Waals surface area contributed by atoms with Crippen LogP contribution in [0.4, 0.5) is 0 Å². The molecule has 2 atom stereocenters. The first-order valence-electron chi connectivity index (χ1n) is 8.05. The van der Waals surface area contributed by atoms with E-state index in [-0.39, 0.29) is 18.0 Å². The van der Waals surface area contributed by atoms with Gasteiger partial charge in [0.25, 0.3) is 0 Å². The number of piperazine rings is 1. The van der Waals surface area contributed by atoms with Crippen LogP contribution in [0, 0.1) is 6.92 Å². The molecule has 124 valence electrons. The Morgan fingerprint density at radius 1 is 1.32 bits per heavy atom. The lowest BCUT2D eigenvalue weighted by Gasteiger charge is -2.36. The zero-order chi connectivity index (χ0) is 16.1. The molecule has 0 radical (unpaired) electrons. The summed E-state index contributed by atoms with van der Waals surface area (Å²) in [5, 5.41) is 6.86. The molecule has 0 saturated carbocycles. The van der Waals surface area contributed by atoms with Crippen molar-refractivity contribution in [2.24, 2.45) is 0 Å². The van der Waals surface area contributed by atoms with E-state index in [1.165, 1.54) is 0 Å². The van der Waals surface area contributed by atoms with Gasteiger partial charge in [-0.2, -0.15) is 4.98 Å². The van der Waals surface area contributed by atoms with Crippen molar-refractivity contribution in [2.75, 3.05) is 32.7 Å². The first kappa shape index (κ1) is 16.9. The molecule has 2 rings (SSSR count). The second kappa shape index (κ2) is 7.69. The Balaban J connectivity index is 1.77. The SMILES string of the molecule is CC[C@H](C)NC(=O)CN1CCN([C@H](C)c2nc(C)no2)CC1. The van der Waals surface area contributed by atoms with Crippen molar-refractivity contribution < 1.29 is 9.32 Å². The van der Waals surface area contributed by atoms with E-state index in [9.17, 15) is 4.79 Å². The number of nitrogens with one attached hydrogen (secondary N) is 1. The minimum absolute atomic E-state index is 0.114. The third kappa shape index (κ3) is 4.51. The zero-order valence-electron chi connectivity index (χ0n) is 14.0. The Labute approximate surface area is 132 Å². The number of nitrogens with zero attached hydrogens (tertiary/aromatic N) is 4. The standard InChI is InChI=1S/C15H27N5O2/c1-5-11(2)16-14(21)10-19-6-8-20(9-7-19)12(3)15-17-13(4)18-22-15/h11-12H,5-10H2,1-4H3,(H,16,21)/t11-,12+/m0/s1. The van der Waals surface area contributed by atoms with E-state index in [2.05, 4.69) is 39.1 Å². The Hall–Kier alpha value is -1.47. The summed E-state index contributed by atoms with van der Waals surface area (Å²) in [6.45, 7) is 12.1. The van der Waals surface area contributed by atoms with Crippen LogP contribution in [0.15, 0.2) is 4.52 Å². The molecule has 1 saturated heterocycles. The molecule has 0 aliphatic carbocycles. The van der Waals surface area contributed by atoms with Crippen molar-refractivity contribution in [1.29, 1.82) is 0 Å². The maximum Gasteiger partial charge on any atom is 0.243 e. The molecule has 22 heavy (non-hydrogen) atoms. The molecule has 1 aromatic heterocycles. The van der Waals surface area contributed by atoms with Gasteiger partial charge in [-0.05, 0) is 27.2 Å². The van der Waals surface area contributed by atoms with Crippen LogP contribution in [-0.2, 0) is 4.79 Å². The maximum atomic E-state index is 11.9. The molecule has 0 bridgehead atoms. The van der Waals surface area contributed by atoms with Gasteiger partial charge in [0.2, 0.25) is 11.8 Å². The van der Waals surface area contributed by atoms with Crippen LogP contribution in [-0.4, -0.2) is 64.6 Å². The summed E-state index contributed by atoms with van der Waals surface area (Å²) in [6.07, 6.45) is 0.959. The number of carbonyl (C=O) groups excluding carboxylic acids is 1. The maximum absolute atomic E-state index is 11.9. The summed E-state index contributed by atoms with van der Waals surface area (Å²) in [5.41, 5.74) is 0. The predicted molar refractivity (Wildman–Crippen MR) is 83.4 cm³/mol. The van der Waals surface area contributed by atoms with Gasteiger partial charge in [0, 0.05) is 32.2 Å². The number of aryl methyl sites for hydroxylation is 1.